The third-order valence-electron chi connectivity index (χ3n) is 5.38. The highest BCUT2D eigenvalue weighted by molar-refractivity contribution is 5.73. The van der Waals surface area contributed by atoms with Crippen molar-refractivity contribution in [1.82, 2.24) is 29.5 Å². The van der Waals surface area contributed by atoms with Gasteiger partial charge in [-0.25, -0.2) is 14.4 Å². The van der Waals surface area contributed by atoms with Crippen LogP contribution in [0.5, 0.6) is 11.5 Å². The summed E-state index contributed by atoms with van der Waals surface area (Å²) in [6.45, 7) is 2.09. The van der Waals surface area contributed by atoms with Gasteiger partial charge in [0, 0.05) is 37.0 Å². The van der Waals surface area contributed by atoms with Crippen molar-refractivity contribution >= 4 is 16.9 Å². The number of pyridine rings is 1. The molecule has 4 aromatic heterocycles. The normalized spacial score (nSPS) is 11.9. The number of nitrogens with zero attached hydrogens (tertiary/aromatic N) is 7. The molecule has 0 aliphatic rings. The van der Waals surface area contributed by atoms with Gasteiger partial charge in [0.15, 0.2) is 23.0 Å². The van der Waals surface area contributed by atoms with Gasteiger partial charge in [-0.05, 0) is 19.1 Å². The van der Waals surface area contributed by atoms with Gasteiger partial charge in [-0.1, -0.05) is 5.16 Å². The van der Waals surface area contributed by atoms with Crippen LogP contribution in [0, 0.1) is 12.7 Å². The summed E-state index contributed by atoms with van der Waals surface area (Å²) in [7, 11) is 4.71. The molecule has 0 radical (unpaired) electrons. The van der Waals surface area contributed by atoms with E-state index in [1.54, 1.807) is 33.8 Å². The summed E-state index contributed by atoms with van der Waals surface area (Å²) in [5, 5.41) is 8.19. The van der Waals surface area contributed by atoms with E-state index in [0.717, 1.165) is 11.3 Å². The third kappa shape index (κ3) is 4.35. The Bertz CT molecular complexity index is 1600. The van der Waals surface area contributed by atoms with Gasteiger partial charge in [0.25, 0.3) is 0 Å². The second kappa shape index (κ2) is 9.01. The van der Waals surface area contributed by atoms with Gasteiger partial charge < -0.3 is 18.6 Å². The molecule has 4 heterocycles. The lowest BCUT2D eigenvalue weighted by atomic mass is 10.2. The molecular weight excluding hydrogens is 453 g/mol. The smallest absolute Gasteiger partial charge is 0.190 e. The predicted molar refractivity (Wildman–Crippen MR) is 125 cm³/mol. The van der Waals surface area contributed by atoms with Crippen molar-refractivity contribution in [3.05, 3.63) is 71.7 Å². The summed E-state index contributed by atoms with van der Waals surface area (Å²) < 4.78 is 34.5. The standard InChI is InChI=1S/C24H22FN7O3/c1-14-7-17(35-30-14)13-32-22(28-19-8-16(33-3)9-21(34-4)23(19)25)6-5-18-24(32)29-20(11-26-18)15-10-27-31(2)12-15/h5-12H,13H2,1-4H3. The van der Waals surface area contributed by atoms with Crippen molar-refractivity contribution in [2.75, 3.05) is 14.2 Å². The zero-order valence-corrected chi connectivity index (χ0v) is 19.6. The fourth-order valence-electron chi connectivity index (χ4n) is 3.68. The summed E-state index contributed by atoms with van der Waals surface area (Å²) in [5.41, 5.74) is 3.85. The zero-order chi connectivity index (χ0) is 24.5. The molecule has 0 bridgehead atoms. The number of hydrogen-bond donors (Lipinski definition) is 0. The molecule has 0 spiro atoms. The quantitative estimate of drug-likeness (QED) is 0.370. The maximum Gasteiger partial charge on any atom is 0.190 e. The van der Waals surface area contributed by atoms with Crippen molar-refractivity contribution in [2.24, 2.45) is 12.0 Å². The maximum absolute atomic E-state index is 15.1. The molecule has 0 saturated heterocycles. The second-order valence-corrected chi connectivity index (χ2v) is 7.85. The van der Waals surface area contributed by atoms with Gasteiger partial charge >= 0.3 is 0 Å². The largest absolute Gasteiger partial charge is 0.497 e. The Hall–Kier alpha value is -4.54. The van der Waals surface area contributed by atoms with Crippen molar-refractivity contribution < 1.29 is 18.4 Å². The number of fused-ring (bicyclic) bond motifs is 1. The fraction of sp³-hybridized carbons (Fsp3) is 0.208. The number of benzene rings is 1. The second-order valence-electron chi connectivity index (χ2n) is 7.85. The van der Waals surface area contributed by atoms with Crippen LogP contribution in [0.25, 0.3) is 22.4 Å². The molecule has 10 nitrogen and oxygen atoms in total. The molecule has 0 N–H and O–H groups in total. The van der Waals surface area contributed by atoms with Crippen LogP contribution in [0.2, 0.25) is 0 Å². The molecule has 1 aromatic carbocycles. The molecular formula is C24H22FN7O3. The highest BCUT2D eigenvalue weighted by Gasteiger charge is 2.15. The Balaban J connectivity index is 1.76. The topological polar surface area (TPSA) is 105 Å². The molecule has 5 aromatic rings. The third-order valence-corrected chi connectivity index (χ3v) is 5.38. The van der Waals surface area contributed by atoms with Gasteiger partial charge in [-0.3, -0.25) is 9.67 Å². The summed E-state index contributed by atoms with van der Waals surface area (Å²) >= 11 is 0. The SMILES string of the molecule is COc1cc(N=c2ccc3ncc(-c4cnn(C)c4)nc3n2Cc2cc(C)no2)c(F)c(OC)c1. The Morgan fingerprint density at radius 2 is 1.97 bits per heavy atom. The average Bonchev–Trinajstić information content (AvgIpc) is 3.49. The molecule has 5 rings (SSSR count). The van der Waals surface area contributed by atoms with Crippen molar-refractivity contribution in [3.8, 4) is 22.8 Å². The minimum atomic E-state index is -0.606. The molecule has 0 aliphatic heterocycles. The van der Waals surface area contributed by atoms with E-state index in [1.807, 2.05) is 26.2 Å². The predicted octanol–water partition coefficient (Wildman–Crippen LogP) is 3.57. The maximum atomic E-state index is 15.1. The Morgan fingerprint density at radius 3 is 2.66 bits per heavy atom. The van der Waals surface area contributed by atoms with Gasteiger partial charge in [0.1, 0.15) is 22.4 Å². The first-order valence-electron chi connectivity index (χ1n) is 10.7. The summed E-state index contributed by atoms with van der Waals surface area (Å²) in [6, 6.07) is 8.32. The van der Waals surface area contributed by atoms with Crippen LogP contribution < -0.4 is 15.0 Å². The van der Waals surface area contributed by atoms with Crippen molar-refractivity contribution in [3.63, 3.8) is 0 Å². The lowest BCUT2D eigenvalue weighted by Crippen LogP contribution is -2.22. The van der Waals surface area contributed by atoms with Gasteiger partial charge in [-0.2, -0.15) is 5.10 Å². The van der Waals surface area contributed by atoms with Crippen LogP contribution in [0.3, 0.4) is 0 Å². The minimum absolute atomic E-state index is 0.0277. The zero-order valence-electron chi connectivity index (χ0n) is 19.6. The lowest BCUT2D eigenvalue weighted by molar-refractivity contribution is 0.372. The van der Waals surface area contributed by atoms with Crippen LogP contribution >= 0.6 is 0 Å². The molecule has 0 unspecified atom stereocenters. The van der Waals surface area contributed by atoms with Gasteiger partial charge in [-0.15, -0.1) is 0 Å². The molecule has 11 heteroatoms. The molecule has 0 atom stereocenters. The number of aryl methyl sites for hydroxylation is 2. The van der Waals surface area contributed by atoms with E-state index in [1.165, 1.54) is 26.4 Å². The van der Waals surface area contributed by atoms with Crippen LogP contribution in [0.15, 0.2) is 58.4 Å². The molecule has 0 saturated carbocycles. The van der Waals surface area contributed by atoms with Crippen LogP contribution in [-0.4, -0.2) is 43.7 Å². The highest BCUT2D eigenvalue weighted by atomic mass is 19.1. The van der Waals surface area contributed by atoms with Crippen LogP contribution in [0.1, 0.15) is 11.5 Å². The van der Waals surface area contributed by atoms with Gasteiger partial charge in [0.2, 0.25) is 0 Å². The Labute approximate surface area is 199 Å². The van der Waals surface area contributed by atoms with Crippen LogP contribution in [0.4, 0.5) is 10.1 Å². The number of rotatable bonds is 6. The monoisotopic (exact) mass is 475 g/mol. The molecule has 0 aliphatic carbocycles. The molecule has 0 amide bonds. The van der Waals surface area contributed by atoms with E-state index >= 15 is 4.39 Å². The fourth-order valence-corrected chi connectivity index (χ4v) is 3.68. The van der Waals surface area contributed by atoms with E-state index in [4.69, 9.17) is 19.0 Å². The molecule has 0 fully saturated rings. The molecule has 178 valence electrons. The first-order chi connectivity index (χ1) is 16.9. The number of aromatic nitrogens is 6. The summed E-state index contributed by atoms with van der Waals surface area (Å²) in [5.74, 6) is 0.429. The Morgan fingerprint density at radius 1 is 1.11 bits per heavy atom. The number of methoxy groups -OCH3 is 2. The Kier molecular flexibility index (Phi) is 5.73. The first kappa shape index (κ1) is 22.3. The number of hydrogen-bond acceptors (Lipinski definition) is 8. The van der Waals surface area contributed by atoms with Crippen LogP contribution in [-0.2, 0) is 13.6 Å². The van der Waals surface area contributed by atoms with Crippen molar-refractivity contribution in [1.29, 1.82) is 0 Å². The van der Waals surface area contributed by atoms with Gasteiger partial charge in [0.05, 0.1) is 44.5 Å². The summed E-state index contributed by atoms with van der Waals surface area (Å²) in [6.07, 6.45) is 5.25. The van der Waals surface area contributed by atoms with E-state index < -0.39 is 5.82 Å². The number of ether oxygens (including phenoxy) is 2. The minimum Gasteiger partial charge on any atom is -0.497 e. The highest BCUT2D eigenvalue weighted by Crippen LogP contribution is 2.32. The lowest BCUT2D eigenvalue weighted by Gasteiger charge is -2.11. The van der Waals surface area contributed by atoms with E-state index in [9.17, 15) is 0 Å². The van der Waals surface area contributed by atoms with E-state index in [0.29, 0.717) is 33.9 Å². The van der Waals surface area contributed by atoms with E-state index in [-0.39, 0.29) is 18.0 Å². The average molecular weight is 475 g/mol. The van der Waals surface area contributed by atoms with Crippen molar-refractivity contribution in [2.45, 2.75) is 13.5 Å². The molecule has 35 heavy (non-hydrogen) atoms. The summed E-state index contributed by atoms with van der Waals surface area (Å²) in [4.78, 5) is 14.0. The van der Waals surface area contributed by atoms with E-state index in [2.05, 4.69) is 20.2 Å². The first-order valence-corrected chi connectivity index (χ1v) is 10.7. The number of halogens is 1.